The van der Waals surface area contributed by atoms with Crippen molar-refractivity contribution in [3.8, 4) is 0 Å². The monoisotopic (exact) mass is 369 g/mol. The first-order valence-corrected chi connectivity index (χ1v) is 9.28. The first-order valence-electron chi connectivity index (χ1n) is 9.28. The van der Waals surface area contributed by atoms with Gasteiger partial charge >= 0.3 is 0 Å². The Balaban J connectivity index is 1.55. The first kappa shape index (κ1) is 17.7. The highest BCUT2D eigenvalue weighted by Crippen LogP contribution is 2.39. The molecule has 4 rings (SSSR count). The topological polar surface area (TPSA) is 89.3 Å². The molecular formula is C19H23N5O3. The highest BCUT2D eigenvalue weighted by Gasteiger charge is 2.47. The third-order valence-electron chi connectivity index (χ3n) is 5.07. The van der Waals surface area contributed by atoms with Crippen LogP contribution in [0.5, 0.6) is 0 Å². The van der Waals surface area contributed by atoms with Crippen LogP contribution in [0.15, 0.2) is 37.1 Å². The molecule has 8 heteroatoms. The number of carbonyl (C=O) groups excluding carboxylic acids is 2. The van der Waals surface area contributed by atoms with Gasteiger partial charge in [0.1, 0.15) is 6.61 Å². The van der Waals surface area contributed by atoms with Gasteiger partial charge in [-0.25, -0.2) is 4.98 Å². The van der Waals surface area contributed by atoms with Gasteiger partial charge in [0, 0.05) is 31.2 Å². The average Bonchev–Trinajstić information content (AvgIpc) is 3.43. The van der Waals surface area contributed by atoms with E-state index in [0.717, 1.165) is 30.6 Å². The zero-order chi connectivity index (χ0) is 18.8. The first-order chi connectivity index (χ1) is 13.2. The van der Waals surface area contributed by atoms with Crippen molar-refractivity contribution in [3.63, 3.8) is 0 Å². The normalized spacial score (nSPS) is 22.7. The van der Waals surface area contributed by atoms with Crippen LogP contribution in [0.4, 0.5) is 0 Å². The fourth-order valence-corrected chi connectivity index (χ4v) is 3.57. The van der Waals surface area contributed by atoms with Crippen molar-refractivity contribution in [1.82, 2.24) is 24.8 Å². The third-order valence-corrected chi connectivity index (χ3v) is 5.07. The number of aryl methyl sites for hydroxylation is 1. The summed E-state index contributed by atoms with van der Waals surface area (Å²) in [5, 5.41) is 2.94. The third kappa shape index (κ3) is 3.57. The smallest absolute Gasteiger partial charge is 0.252 e. The predicted octanol–water partition coefficient (Wildman–Crippen LogP) is 1.05. The molecule has 2 aliphatic rings. The maximum atomic E-state index is 12.9. The van der Waals surface area contributed by atoms with Crippen LogP contribution in [0.3, 0.4) is 0 Å². The molecule has 3 heterocycles. The number of pyridine rings is 1. The number of ether oxygens (including phenoxy) is 1. The number of imidazole rings is 1. The van der Waals surface area contributed by atoms with Gasteiger partial charge in [-0.05, 0) is 31.4 Å². The molecule has 0 radical (unpaired) electrons. The van der Waals surface area contributed by atoms with Gasteiger partial charge in [0.2, 0.25) is 5.91 Å². The van der Waals surface area contributed by atoms with Crippen LogP contribution < -0.4 is 5.32 Å². The Hall–Kier alpha value is -2.74. The fourth-order valence-electron chi connectivity index (χ4n) is 3.57. The number of carbonyl (C=O) groups is 2. The van der Waals surface area contributed by atoms with E-state index in [9.17, 15) is 9.59 Å². The van der Waals surface area contributed by atoms with Gasteiger partial charge in [0.15, 0.2) is 6.10 Å². The van der Waals surface area contributed by atoms with Gasteiger partial charge in [-0.2, -0.15) is 0 Å². The van der Waals surface area contributed by atoms with E-state index in [1.165, 1.54) is 0 Å². The molecule has 1 saturated carbocycles. The van der Waals surface area contributed by atoms with Crippen LogP contribution in [0.25, 0.3) is 0 Å². The molecule has 2 amide bonds. The molecule has 0 bridgehead atoms. The summed E-state index contributed by atoms with van der Waals surface area (Å²) < 4.78 is 7.67. The highest BCUT2D eigenvalue weighted by molar-refractivity contribution is 5.86. The average molecular weight is 369 g/mol. The molecule has 142 valence electrons. The molecule has 0 unspecified atom stereocenters. The van der Waals surface area contributed by atoms with Crippen molar-refractivity contribution in [2.75, 3.05) is 6.61 Å². The fraction of sp³-hybridized carbons (Fsp3) is 0.474. The van der Waals surface area contributed by atoms with Gasteiger partial charge in [0.05, 0.1) is 24.6 Å². The Morgan fingerprint density at radius 3 is 2.89 bits per heavy atom. The zero-order valence-corrected chi connectivity index (χ0v) is 15.2. The second-order valence-electron chi connectivity index (χ2n) is 6.88. The number of morpholine rings is 1. The zero-order valence-electron chi connectivity index (χ0n) is 15.2. The minimum atomic E-state index is -0.759. The summed E-state index contributed by atoms with van der Waals surface area (Å²) in [6.45, 7) is 3.10. The number of nitrogens with one attached hydrogen (secondary N) is 1. The van der Waals surface area contributed by atoms with Gasteiger partial charge in [0.25, 0.3) is 5.91 Å². The molecular weight excluding hydrogens is 346 g/mol. The molecule has 0 spiro atoms. The Morgan fingerprint density at radius 2 is 2.19 bits per heavy atom. The molecule has 2 fully saturated rings. The highest BCUT2D eigenvalue weighted by atomic mass is 16.5. The molecule has 1 aliphatic heterocycles. The van der Waals surface area contributed by atoms with Crippen LogP contribution in [0, 0.1) is 0 Å². The van der Waals surface area contributed by atoms with Gasteiger partial charge in [-0.1, -0.05) is 6.07 Å². The molecule has 2 aromatic rings. The predicted molar refractivity (Wildman–Crippen MR) is 96.3 cm³/mol. The van der Waals surface area contributed by atoms with Gasteiger partial charge in [-0.15, -0.1) is 0 Å². The van der Waals surface area contributed by atoms with Crippen molar-refractivity contribution in [2.45, 2.75) is 51.0 Å². The second-order valence-corrected chi connectivity index (χ2v) is 6.88. The summed E-state index contributed by atoms with van der Waals surface area (Å²) in [6, 6.07) is 3.43. The number of hydrogen-bond donors (Lipinski definition) is 1. The molecule has 1 aliphatic carbocycles. The minimum Gasteiger partial charge on any atom is -0.356 e. The van der Waals surface area contributed by atoms with E-state index in [1.54, 1.807) is 24.9 Å². The van der Waals surface area contributed by atoms with E-state index in [0.29, 0.717) is 6.54 Å². The van der Waals surface area contributed by atoms with Crippen LogP contribution in [-0.4, -0.2) is 50.0 Å². The Bertz CT molecular complexity index is 818. The van der Waals surface area contributed by atoms with E-state index < -0.39 is 12.1 Å². The van der Waals surface area contributed by atoms with E-state index in [2.05, 4.69) is 15.3 Å². The van der Waals surface area contributed by atoms with Gasteiger partial charge in [-0.3, -0.25) is 14.6 Å². The van der Waals surface area contributed by atoms with Crippen LogP contribution in [-0.2, 0) is 27.4 Å². The lowest BCUT2D eigenvalue weighted by Crippen LogP contribution is -2.55. The molecule has 1 N–H and O–H groups in total. The Morgan fingerprint density at radius 1 is 1.33 bits per heavy atom. The Kier molecular flexibility index (Phi) is 4.89. The molecule has 0 aromatic carbocycles. The van der Waals surface area contributed by atoms with Crippen LogP contribution in [0.2, 0.25) is 0 Å². The van der Waals surface area contributed by atoms with Crippen LogP contribution in [0.1, 0.15) is 37.1 Å². The lowest BCUT2D eigenvalue weighted by molar-refractivity contribution is -0.165. The van der Waals surface area contributed by atoms with E-state index >= 15 is 0 Å². The minimum absolute atomic E-state index is 0.0699. The molecule has 27 heavy (non-hydrogen) atoms. The van der Waals surface area contributed by atoms with Gasteiger partial charge < -0.3 is 19.5 Å². The summed E-state index contributed by atoms with van der Waals surface area (Å²) in [5.41, 5.74) is 1.74. The SMILES string of the molecule is CCn1cncc1CNC(=O)[C@H]1OCC(=O)N(C2CC2)[C@@H]1c1cccnc1. The largest absolute Gasteiger partial charge is 0.356 e. The maximum absolute atomic E-state index is 12.9. The maximum Gasteiger partial charge on any atom is 0.252 e. The summed E-state index contributed by atoms with van der Waals surface area (Å²) in [5.74, 6) is -0.301. The van der Waals surface area contributed by atoms with Crippen molar-refractivity contribution >= 4 is 11.8 Å². The van der Waals surface area contributed by atoms with Crippen molar-refractivity contribution in [1.29, 1.82) is 0 Å². The van der Waals surface area contributed by atoms with Crippen molar-refractivity contribution < 1.29 is 14.3 Å². The molecule has 8 nitrogen and oxygen atoms in total. The summed E-state index contributed by atoms with van der Waals surface area (Å²) in [7, 11) is 0. The number of nitrogens with zero attached hydrogens (tertiary/aromatic N) is 4. The number of rotatable bonds is 6. The standard InChI is InChI=1S/C19H23N5O3/c1-2-23-12-21-9-15(23)10-22-19(26)18-17(13-4-3-7-20-8-13)24(14-5-6-14)16(25)11-27-18/h3-4,7-9,12,14,17-18H,2,5-6,10-11H2,1H3,(H,22,26)/t17-,18+/m1/s1. The Labute approximate surface area is 157 Å². The van der Waals surface area contributed by atoms with Crippen molar-refractivity contribution in [2.24, 2.45) is 0 Å². The lowest BCUT2D eigenvalue weighted by atomic mass is 9.98. The summed E-state index contributed by atoms with van der Waals surface area (Å²) in [6.07, 6.45) is 8.03. The van der Waals surface area contributed by atoms with E-state index in [-0.39, 0.29) is 24.5 Å². The second kappa shape index (κ2) is 7.48. The van der Waals surface area contributed by atoms with Crippen molar-refractivity contribution in [3.05, 3.63) is 48.3 Å². The molecule has 1 saturated heterocycles. The summed E-state index contributed by atoms with van der Waals surface area (Å²) >= 11 is 0. The number of amides is 2. The number of hydrogen-bond acceptors (Lipinski definition) is 5. The van der Waals surface area contributed by atoms with E-state index in [4.69, 9.17) is 4.74 Å². The quantitative estimate of drug-likeness (QED) is 0.822. The van der Waals surface area contributed by atoms with E-state index in [1.807, 2.05) is 28.5 Å². The van der Waals surface area contributed by atoms with Crippen LogP contribution >= 0.6 is 0 Å². The number of aromatic nitrogens is 3. The molecule has 2 atom stereocenters. The lowest BCUT2D eigenvalue weighted by Gasteiger charge is -2.40. The summed E-state index contributed by atoms with van der Waals surface area (Å²) in [4.78, 5) is 35.5. The molecule has 2 aromatic heterocycles.